The molecule has 1 heterocycles. The molecule has 0 spiro atoms. The number of nitrogens with zero attached hydrogens (tertiary/aromatic N) is 2. The Hall–Kier alpha value is -1.39. The van der Waals surface area contributed by atoms with E-state index < -0.39 is 0 Å². The van der Waals surface area contributed by atoms with Gasteiger partial charge in [0.2, 0.25) is 0 Å². The number of hydrogen-bond donors (Lipinski definition) is 1. The van der Waals surface area contributed by atoms with E-state index in [2.05, 4.69) is 24.3 Å². The molecule has 114 valence electrons. The average Bonchev–Trinajstić information content (AvgIpc) is 2.79. The fourth-order valence-electron chi connectivity index (χ4n) is 2.59. The van der Waals surface area contributed by atoms with Crippen molar-refractivity contribution >= 4 is 11.6 Å². The van der Waals surface area contributed by atoms with Crippen LogP contribution >= 0.6 is 11.6 Å². The van der Waals surface area contributed by atoms with Gasteiger partial charge in [-0.25, -0.2) is 4.39 Å². The van der Waals surface area contributed by atoms with Crippen LogP contribution < -0.4 is 5.32 Å². The van der Waals surface area contributed by atoms with Gasteiger partial charge in [0.25, 0.3) is 0 Å². The van der Waals surface area contributed by atoms with Crippen molar-refractivity contribution in [3.63, 3.8) is 0 Å². The molecule has 3 nitrogen and oxygen atoms in total. The third-order valence-corrected chi connectivity index (χ3v) is 3.84. The van der Waals surface area contributed by atoms with E-state index in [-0.39, 0.29) is 5.82 Å². The first-order valence-electron chi connectivity index (χ1n) is 7.26. The van der Waals surface area contributed by atoms with E-state index in [9.17, 15) is 4.39 Å². The minimum Gasteiger partial charge on any atom is -0.316 e. The molecule has 0 aliphatic carbocycles. The smallest absolute Gasteiger partial charge is 0.129 e. The van der Waals surface area contributed by atoms with E-state index >= 15 is 0 Å². The second-order valence-corrected chi connectivity index (χ2v) is 5.44. The number of rotatable bonds is 6. The summed E-state index contributed by atoms with van der Waals surface area (Å²) in [4.78, 5) is 0. The highest BCUT2D eigenvalue weighted by atomic mass is 35.5. The second-order valence-electron chi connectivity index (χ2n) is 5.00. The highest BCUT2D eigenvalue weighted by molar-refractivity contribution is 6.30. The first-order chi connectivity index (χ1) is 10.1. The van der Waals surface area contributed by atoms with Crippen LogP contribution in [0.2, 0.25) is 5.02 Å². The van der Waals surface area contributed by atoms with Crippen molar-refractivity contribution in [1.29, 1.82) is 0 Å². The highest BCUT2D eigenvalue weighted by Gasteiger charge is 2.16. The van der Waals surface area contributed by atoms with Gasteiger partial charge in [-0.3, -0.25) is 4.68 Å². The molecule has 0 aliphatic heterocycles. The Kier molecular flexibility index (Phi) is 5.37. The van der Waals surface area contributed by atoms with Crippen LogP contribution in [0.3, 0.4) is 0 Å². The summed E-state index contributed by atoms with van der Waals surface area (Å²) in [7, 11) is 1.93. The minimum atomic E-state index is -0.284. The SMILES string of the molecule is CCc1nn(Cc2ccc(Cl)cc2F)c(CC)c1CNC. The number of nitrogens with one attached hydrogen (secondary N) is 1. The van der Waals surface area contributed by atoms with Crippen molar-refractivity contribution in [3.8, 4) is 0 Å². The first kappa shape index (κ1) is 16.0. The van der Waals surface area contributed by atoms with Gasteiger partial charge in [0, 0.05) is 28.4 Å². The van der Waals surface area contributed by atoms with E-state index in [1.165, 1.54) is 11.6 Å². The quantitative estimate of drug-likeness (QED) is 0.884. The maximum absolute atomic E-state index is 14.0. The molecule has 0 saturated heterocycles. The highest BCUT2D eigenvalue weighted by Crippen LogP contribution is 2.20. The molecule has 21 heavy (non-hydrogen) atoms. The lowest BCUT2D eigenvalue weighted by atomic mass is 10.1. The summed E-state index contributed by atoms with van der Waals surface area (Å²) in [6, 6.07) is 4.79. The van der Waals surface area contributed by atoms with Gasteiger partial charge in [0.15, 0.2) is 0 Å². The Bertz CT molecular complexity index is 622. The largest absolute Gasteiger partial charge is 0.316 e. The van der Waals surface area contributed by atoms with Crippen molar-refractivity contribution in [3.05, 3.63) is 51.6 Å². The first-order valence-corrected chi connectivity index (χ1v) is 7.64. The summed E-state index contributed by atoms with van der Waals surface area (Å²) in [6.07, 6.45) is 1.75. The third kappa shape index (κ3) is 3.44. The molecule has 0 unspecified atom stereocenters. The molecule has 1 aromatic carbocycles. The van der Waals surface area contributed by atoms with E-state index in [1.54, 1.807) is 12.1 Å². The molecule has 2 rings (SSSR count). The number of aryl methyl sites for hydroxylation is 1. The summed E-state index contributed by atoms with van der Waals surface area (Å²) >= 11 is 5.80. The molecule has 0 aliphatic rings. The summed E-state index contributed by atoms with van der Waals surface area (Å²) < 4.78 is 15.9. The fourth-order valence-corrected chi connectivity index (χ4v) is 2.75. The van der Waals surface area contributed by atoms with Crippen LogP contribution in [0.15, 0.2) is 18.2 Å². The number of benzene rings is 1. The van der Waals surface area contributed by atoms with Gasteiger partial charge in [-0.1, -0.05) is 31.5 Å². The summed E-state index contributed by atoms with van der Waals surface area (Å²) in [6.45, 7) is 5.41. The molecular weight excluding hydrogens is 289 g/mol. The van der Waals surface area contributed by atoms with Gasteiger partial charge in [-0.05, 0) is 32.0 Å². The lowest BCUT2D eigenvalue weighted by molar-refractivity contribution is 0.573. The molecule has 1 N–H and O–H groups in total. The maximum atomic E-state index is 14.0. The molecule has 0 fully saturated rings. The van der Waals surface area contributed by atoms with Crippen LogP contribution in [0, 0.1) is 5.82 Å². The number of halogens is 2. The predicted octanol–water partition coefficient (Wildman–Crippen LogP) is 3.57. The Morgan fingerprint density at radius 2 is 2.05 bits per heavy atom. The second kappa shape index (κ2) is 7.05. The zero-order valence-electron chi connectivity index (χ0n) is 12.7. The Labute approximate surface area is 130 Å². The summed E-state index contributed by atoms with van der Waals surface area (Å²) in [5.41, 5.74) is 4.08. The minimum absolute atomic E-state index is 0.284. The monoisotopic (exact) mass is 309 g/mol. The number of aromatic nitrogens is 2. The van der Waals surface area contributed by atoms with E-state index in [1.807, 2.05) is 11.7 Å². The molecule has 5 heteroatoms. The van der Waals surface area contributed by atoms with Crippen LogP contribution in [0.5, 0.6) is 0 Å². The molecule has 0 radical (unpaired) electrons. The van der Waals surface area contributed by atoms with Crippen LogP contribution in [0.1, 0.15) is 36.4 Å². The van der Waals surface area contributed by atoms with Crippen LogP contribution in [-0.4, -0.2) is 16.8 Å². The van der Waals surface area contributed by atoms with E-state index in [4.69, 9.17) is 11.6 Å². The number of hydrogen-bond acceptors (Lipinski definition) is 2. The average molecular weight is 310 g/mol. The van der Waals surface area contributed by atoms with Crippen LogP contribution in [0.4, 0.5) is 4.39 Å². The van der Waals surface area contributed by atoms with Crippen LogP contribution in [0.25, 0.3) is 0 Å². The summed E-state index contributed by atoms with van der Waals surface area (Å²) in [5, 5.41) is 8.25. The maximum Gasteiger partial charge on any atom is 0.129 e. The zero-order valence-corrected chi connectivity index (χ0v) is 13.5. The molecule has 0 amide bonds. The van der Waals surface area contributed by atoms with E-state index in [0.717, 1.165) is 30.8 Å². The molecule has 0 saturated carbocycles. The fraction of sp³-hybridized carbons (Fsp3) is 0.438. The van der Waals surface area contributed by atoms with Gasteiger partial charge in [-0.15, -0.1) is 0 Å². The van der Waals surface area contributed by atoms with Gasteiger partial charge in [0.05, 0.1) is 12.2 Å². The van der Waals surface area contributed by atoms with Gasteiger partial charge < -0.3 is 5.32 Å². The van der Waals surface area contributed by atoms with Crippen molar-refractivity contribution in [1.82, 2.24) is 15.1 Å². The summed E-state index contributed by atoms with van der Waals surface area (Å²) in [5.74, 6) is -0.284. The molecule has 0 bridgehead atoms. The van der Waals surface area contributed by atoms with Crippen molar-refractivity contribution < 1.29 is 4.39 Å². The Morgan fingerprint density at radius 3 is 2.62 bits per heavy atom. The van der Waals surface area contributed by atoms with Crippen LogP contribution in [-0.2, 0) is 25.9 Å². The van der Waals surface area contributed by atoms with Gasteiger partial charge >= 0.3 is 0 Å². The van der Waals surface area contributed by atoms with Crippen molar-refractivity contribution in [2.75, 3.05) is 7.05 Å². The topological polar surface area (TPSA) is 29.9 Å². The van der Waals surface area contributed by atoms with E-state index in [0.29, 0.717) is 17.1 Å². The molecule has 2 aromatic rings. The molecule has 1 aromatic heterocycles. The lowest BCUT2D eigenvalue weighted by Crippen LogP contribution is -2.11. The molecule has 0 atom stereocenters. The normalized spacial score (nSPS) is 11.1. The molecular formula is C16H21ClFN3. The van der Waals surface area contributed by atoms with Gasteiger partial charge in [-0.2, -0.15) is 5.10 Å². The third-order valence-electron chi connectivity index (χ3n) is 3.61. The van der Waals surface area contributed by atoms with Gasteiger partial charge in [0.1, 0.15) is 5.82 Å². The Morgan fingerprint density at radius 1 is 1.29 bits per heavy atom. The van der Waals surface area contributed by atoms with Crippen molar-refractivity contribution in [2.45, 2.75) is 39.8 Å². The predicted molar refractivity (Wildman–Crippen MR) is 84.3 cm³/mol. The Balaban J connectivity index is 2.39. The zero-order chi connectivity index (χ0) is 15.4. The van der Waals surface area contributed by atoms with Crippen molar-refractivity contribution in [2.24, 2.45) is 0 Å². The standard InChI is InChI=1S/C16H21ClFN3/c1-4-15-13(9-19-3)16(5-2)21(20-15)10-11-6-7-12(17)8-14(11)18/h6-8,19H,4-5,9-10H2,1-3H3. The lowest BCUT2D eigenvalue weighted by Gasteiger charge is -2.09.